The number of carbonyl (C=O) groups is 2. The summed E-state index contributed by atoms with van der Waals surface area (Å²) in [7, 11) is 0. The molecule has 272 valence electrons. The number of ether oxygens (including phenoxy) is 2. The number of hydrogen-bond donors (Lipinski definition) is 1. The maximum atomic E-state index is 14.9. The molecular weight excluding hydrogens is 803 g/mol. The molecule has 7 nitrogen and oxygen atoms in total. The average Bonchev–Trinajstić information content (AvgIpc) is 3.92. The highest BCUT2D eigenvalue weighted by molar-refractivity contribution is 9.10. The molecule has 2 heterocycles. The summed E-state index contributed by atoms with van der Waals surface area (Å²) < 4.78 is 24.1. The first kappa shape index (κ1) is 38.2. The van der Waals surface area contributed by atoms with Crippen molar-refractivity contribution in [1.29, 1.82) is 0 Å². The fourth-order valence-electron chi connectivity index (χ4n) is 6.58. The van der Waals surface area contributed by atoms with E-state index in [0.29, 0.717) is 53.5 Å². The van der Waals surface area contributed by atoms with Crippen LogP contribution in [-0.4, -0.2) is 69.0 Å². The quantitative estimate of drug-likeness (QED) is 0.154. The predicted octanol–water partition coefficient (Wildman–Crippen LogP) is 9.53. The minimum Gasteiger partial charge on any atom is -0.492 e. The first-order valence-corrected chi connectivity index (χ1v) is 19.3. The van der Waals surface area contributed by atoms with Crippen molar-refractivity contribution >= 4 is 79.9 Å². The summed E-state index contributed by atoms with van der Waals surface area (Å²) in [4.78, 5) is 32.4. The van der Waals surface area contributed by atoms with Gasteiger partial charge in [-0.1, -0.05) is 88.9 Å². The van der Waals surface area contributed by atoms with E-state index in [1.54, 1.807) is 24.8 Å². The van der Waals surface area contributed by atoms with E-state index in [0.717, 1.165) is 47.9 Å². The normalized spacial score (nSPS) is 19.2. The largest absolute Gasteiger partial charge is 0.492 e. The molecule has 2 bridgehead atoms. The Morgan fingerprint density at radius 1 is 1.04 bits per heavy atom. The van der Waals surface area contributed by atoms with E-state index in [2.05, 4.69) is 33.4 Å². The zero-order valence-electron chi connectivity index (χ0n) is 28.2. The van der Waals surface area contributed by atoms with Crippen LogP contribution in [0.1, 0.15) is 56.2 Å². The molecule has 2 aliphatic heterocycles. The van der Waals surface area contributed by atoms with E-state index in [9.17, 15) is 14.0 Å². The number of rotatable bonds is 11. The second kappa shape index (κ2) is 15.8. The van der Waals surface area contributed by atoms with Crippen molar-refractivity contribution in [2.45, 2.75) is 80.0 Å². The lowest BCUT2D eigenvalue weighted by Gasteiger charge is -2.48. The molecule has 2 unspecified atom stereocenters. The number of nitrogens with one attached hydrogen (secondary N) is 1. The highest BCUT2D eigenvalue weighted by Gasteiger charge is 2.50. The molecule has 0 aromatic heterocycles. The predicted molar refractivity (Wildman–Crippen MR) is 204 cm³/mol. The van der Waals surface area contributed by atoms with Crippen molar-refractivity contribution < 1.29 is 23.5 Å². The molecule has 6 rings (SSSR count). The maximum absolute atomic E-state index is 14.9. The summed E-state index contributed by atoms with van der Waals surface area (Å²) in [6, 6.07) is 19.3. The molecule has 1 saturated heterocycles. The van der Waals surface area contributed by atoms with Gasteiger partial charge in [-0.15, -0.1) is 0 Å². The van der Waals surface area contributed by atoms with Crippen LogP contribution < -0.4 is 10.1 Å². The number of alkyl halides is 3. The van der Waals surface area contributed by atoms with E-state index in [1.165, 1.54) is 12.1 Å². The summed E-state index contributed by atoms with van der Waals surface area (Å²) in [6.45, 7) is 4.74. The van der Waals surface area contributed by atoms with Crippen LogP contribution >= 0.6 is 62.3 Å². The van der Waals surface area contributed by atoms with Crippen LogP contribution in [0.3, 0.4) is 0 Å². The number of nitrogens with zero attached hydrogens (tertiary/aromatic N) is 2. The molecule has 3 aromatic carbocycles. The number of halogens is 6. The minimum absolute atomic E-state index is 0.0677. The van der Waals surface area contributed by atoms with Crippen molar-refractivity contribution in [2.75, 3.05) is 19.7 Å². The third-order valence-corrected chi connectivity index (χ3v) is 12.0. The number of piperazine rings is 1. The highest BCUT2D eigenvalue weighted by atomic mass is 79.9. The molecule has 2 fully saturated rings. The van der Waals surface area contributed by atoms with Crippen LogP contribution in [0.5, 0.6) is 5.75 Å². The Morgan fingerprint density at radius 3 is 2.45 bits per heavy atom. The summed E-state index contributed by atoms with van der Waals surface area (Å²) in [5, 5.41) is 4.03. The van der Waals surface area contributed by atoms with Gasteiger partial charge in [0, 0.05) is 42.3 Å². The molecule has 51 heavy (non-hydrogen) atoms. The molecule has 2 amide bonds. The van der Waals surface area contributed by atoms with Crippen molar-refractivity contribution in [3.05, 3.63) is 104 Å². The van der Waals surface area contributed by atoms with Crippen molar-refractivity contribution in [1.82, 2.24) is 15.1 Å². The molecule has 0 radical (unpaired) electrons. The number of benzene rings is 3. The lowest BCUT2D eigenvalue weighted by Crippen LogP contribution is -2.64. The van der Waals surface area contributed by atoms with Gasteiger partial charge in [0.2, 0.25) is 3.79 Å². The number of aryl methyl sites for hydroxylation is 1. The first-order chi connectivity index (χ1) is 24.2. The Morgan fingerprint density at radius 2 is 1.76 bits per heavy atom. The van der Waals surface area contributed by atoms with Gasteiger partial charge >= 0.3 is 6.09 Å². The van der Waals surface area contributed by atoms with E-state index in [1.807, 2.05) is 41.3 Å². The second-order valence-corrected chi connectivity index (χ2v) is 17.2. The smallest absolute Gasteiger partial charge is 0.411 e. The van der Waals surface area contributed by atoms with Crippen LogP contribution in [0.15, 0.2) is 76.8 Å². The van der Waals surface area contributed by atoms with Gasteiger partial charge < -0.3 is 19.7 Å². The van der Waals surface area contributed by atoms with E-state index >= 15 is 0 Å². The van der Waals surface area contributed by atoms with Crippen LogP contribution in [-0.2, 0) is 22.5 Å². The Kier molecular flexibility index (Phi) is 11.9. The summed E-state index contributed by atoms with van der Waals surface area (Å²) in [5.74, 6) is -0.0209. The third-order valence-electron chi connectivity index (χ3n) is 9.62. The molecular formula is C38H39BrCl4FN3O4. The van der Waals surface area contributed by atoms with Crippen LogP contribution in [0.4, 0.5) is 9.18 Å². The molecule has 1 saturated carbocycles. The van der Waals surface area contributed by atoms with Crippen LogP contribution in [0, 0.1) is 5.82 Å². The molecule has 3 aromatic rings. The van der Waals surface area contributed by atoms with E-state index in [-0.39, 0.29) is 23.8 Å². The number of amides is 2. The van der Waals surface area contributed by atoms with Crippen molar-refractivity contribution in [3.63, 3.8) is 0 Å². The molecule has 3 aliphatic rings. The van der Waals surface area contributed by atoms with Crippen molar-refractivity contribution in [2.24, 2.45) is 0 Å². The fraction of sp³-hybridized carbons (Fsp3) is 0.421. The zero-order valence-corrected chi connectivity index (χ0v) is 32.9. The average molecular weight is 842 g/mol. The molecule has 1 N–H and O–H groups in total. The molecule has 1 aliphatic carbocycles. The van der Waals surface area contributed by atoms with Gasteiger partial charge in [-0.25, -0.2) is 9.18 Å². The van der Waals surface area contributed by atoms with Gasteiger partial charge in [-0.2, -0.15) is 0 Å². The van der Waals surface area contributed by atoms with Crippen LogP contribution in [0.25, 0.3) is 5.57 Å². The van der Waals surface area contributed by atoms with Gasteiger partial charge in [0.1, 0.15) is 11.6 Å². The van der Waals surface area contributed by atoms with Crippen molar-refractivity contribution in [3.8, 4) is 5.75 Å². The zero-order chi connectivity index (χ0) is 36.5. The van der Waals surface area contributed by atoms with Crippen LogP contribution in [0.2, 0.25) is 5.02 Å². The molecule has 0 spiro atoms. The summed E-state index contributed by atoms with van der Waals surface area (Å²) >= 11 is 28.6. The third kappa shape index (κ3) is 8.82. The lowest BCUT2D eigenvalue weighted by atomic mass is 9.81. The van der Waals surface area contributed by atoms with Gasteiger partial charge in [0.25, 0.3) is 5.91 Å². The summed E-state index contributed by atoms with van der Waals surface area (Å²) in [5.41, 5.74) is 2.89. The van der Waals surface area contributed by atoms with E-state index < -0.39 is 21.5 Å². The number of fused-ring (bicyclic) bond motifs is 2. The Labute approximate surface area is 326 Å². The maximum Gasteiger partial charge on any atom is 0.411 e. The second-order valence-electron chi connectivity index (χ2n) is 13.7. The topological polar surface area (TPSA) is 71.1 Å². The Balaban J connectivity index is 1.29. The van der Waals surface area contributed by atoms with Gasteiger partial charge in [0.05, 0.1) is 23.2 Å². The SMILES string of the molecule is CC(C)(OC(=O)N1C2CNCC1C(C(=O)N(Cc1ccccc1Cl)C1CC1)=C(c1ccc(CCCOc3cc(F)ccc3Br)cc1)C2)C(Cl)(Cl)Cl. The first-order valence-electron chi connectivity index (χ1n) is 17.0. The Bertz CT molecular complexity index is 1800. The Hall–Kier alpha value is -2.53. The highest BCUT2D eigenvalue weighted by Crippen LogP contribution is 2.44. The minimum atomic E-state index is -1.87. The number of carbonyl (C=O) groups excluding carboxylic acids is 2. The van der Waals surface area contributed by atoms with Gasteiger partial charge in [-0.05, 0) is 102 Å². The standard InChI is InChI=1S/C38H39BrCl4FN3O4/c1-37(2,38(41,42)43)51-36(49)47-28-19-29(24-11-9-23(10-12-24)6-5-17-50-33-18-26(44)13-16-30(33)39)34(32(47)21-45-20-28)35(48)46(27-14-15-27)22-25-7-3-4-8-31(25)40/h3-4,7-13,16,18,27-28,32,45H,5-6,14-15,17,19-22H2,1-2H3. The molecule has 2 atom stereocenters. The van der Waals surface area contributed by atoms with E-state index in [4.69, 9.17) is 55.9 Å². The summed E-state index contributed by atoms with van der Waals surface area (Å²) in [6.07, 6.45) is 3.04. The monoisotopic (exact) mass is 839 g/mol. The van der Waals surface area contributed by atoms with Gasteiger partial charge in [0.15, 0.2) is 5.60 Å². The lowest BCUT2D eigenvalue weighted by molar-refractivity contribution is -0.129. The number of hydrogen-bond acceptors (Lipinski definition) is 5. The fourth-order valence-corrected chi connectivity index (χ4v) is 7.26. The molecule has 13 heteroatoms. The van der Waals surface area contributed by atoms with Gasteiger partial charge in [-0.3, -0.25) is 9.69 Å².